The largest absolute Gasteiger partial charge is 0.0683 e. The molecule has 0 aromatic heterocycles. The van der Waals surface area contributed by atoms with E-state index in [1.165, 1.54) is 27.8 Å². The molecule has 0 unspecified atom stereocenters. The number of rotatable bonds is 5. The van der Waals surface area contributed by atoms with E-state index in [-0.39, 0.29) is 0 Å². The van der Waals surface area contributed by atoms with Gasteiger partial charge in [0.2, 0.25) is 0 Å². The molecule has 0 spiro atoms. The summed E-state index contributed by atoms with van der Waals surface area (Å²) in [6.07, 6.45) is 3.12. The Hall–Kier alpha value is -2.34. The van der Waals surface area contributed by atoms with Gasteiger partial charge in [-0.3, -0.25) is 0 Å². The van der Waals surface area contributed by atoms with Crippen LogP contribution in [0.2, 0.25) is 0 Å². The van der Waals surface area contributed by atoms with Gasteiger partial charge >= 0.3 is 0 Å². The minimum Gasteiger partial charge on any atom is -0.0683 e. The maximum absolute atomic E-state index is 2.26. The molecule has 0 nitrogen and oxygen atoms in total. The van der Waals surface area contributed by atoms with Crippen molar-refractivity contribution in [2.45, 2.75) is 40.0 Å². The molecule has 0 aliphatic rings. The molecule has 0 fully saturated rings. The van der Waals surface area contributed by atoms with Crippen LogP contribution in [0, 0.1) is 0 Å². The number of benzene rings is 3. The Kier molecular flexibility index (Phi) is 7.29. The maximum atomic E-state index is 2.26. The normalized spacial score (nSPS) is 9.96. The Balaban J connectivity index is 0.00000100. The van der Waals surface area contributed by atoms with E-state index in [9.17, 15) is 0 Å². The average molecular weight is 316 g/mol. The summed E-state index contributed by atoms with van der Waals surface area (Å²) in [5.74, 6) is 0. The Morgan fingerprint density at radius 1 is 0.458 bits per heavy atom. The predicted octanol–water partition coefficient (Wildman–Crippen LogP) is 6.46. The van der Waals surface area contributed by atoms with Crippen LogP contribution in [0.1, 0.15) is 48.6 Å². The monoisotopic (exact) mass is 316 g/mol. The number of aryl methyl sites for hydroxylation is 1. The molecule has 24 heavy (non-hydrogen) atoms. The molecular weight excluding hydrogens is 288 g/mol. The van der Waals surface area contributed by atoms with Crippen molar-refractivity contribution in [2.75, 3.05) is 0 Å². The van der Waals surface area contributed by atoms with Crippen molar-refractivity contribution >= 4 is 0 Å². The first-order chi connectivity index (χ1) is 11.8. The highest BCUT2D eigenvalue weighted by atomic mass is 14.0. The molecule has 3 aromatic rings. The van der Waals surface area contributed by atoms with Crippen molar-refractivity contribution in [1.82, 2.24) is 0 Å². The predicted molar refractivity (Wildman–Crippen MR) is 106 cm³/mol. The highest BCUT2D eigenvalue weighted by Gasteiger charge is 1.99. The van der Waals surface area contributed by atoms with Gasteiger partial charge in [-0.15, -0.1) is 0 Å². The molecule has 0 saturated carbocycles. The molecule has 3 rings (SSSR count). The van der Waals surface area contributed by atoms with E-state index >= 15 is 0 Å². The first-order valence-electron chi connectivity index (χ1n) is 9.03. The van der Waals surface area contributed by atoms with Crippen LogP contribution in [0.4, 0.5) is 0 Å². The fraction of sp³-hybridized carbons (Fsp3) is 0.250. The van der Waals surface area contributed by atoms with Crippen LogP contribution in [0.25, 0.3) is 0 Å². The van der Waals surface area contributed by atoms with Crippen molar-refractivity contribution in [3.8, 4) is 0 Å². The van der Waals surface area contributed by atoms with Gasteiger partial charge < -0.3 is 0 Å². The van der Waals surface area contributed by atoms with Crippen LogP contribution in [0.15, 0.2) is 78.9 Å². The number of hydrogen-bond donors (Lipinski definition) is 0. The van der Waals surface area contributed by atoms with Crippen LogP contribution in [-0.4, -0.2) is 0 Å². The van der Waals surface area contributed by atoms with Gasteiger partial charge in [-0.05, 0) is 47.1 Å². The lowest BCUT2D eigenvalue weighted by molar-refractivity contribution is 1.11. The fourth-order valence-electron chi connectivity index (χ4n) is 2.74. The quantitative estimate of drug-likeness (QED) is 0.507. The topological polar surface area (TPSA) is 0 Å². The molecule has 0 heteroatoms. The lowest BCUT2D eigenvalue weighted by Gasteiger charge is -2.06. The smallest absolute Gasteiger partial charge is 0.00258 e. The minimum absolute atomic E-state index is 1.01. The van der Waals surface area contributed by atoms with Crippen LogP contribution in [0.5, 0.6) is 0 Å². The second-order valence-corrected chi connectivity index (χ2v) is 5.83. The second kappa shape index (κ2) is 9.72. The van der Waals surface area contributed by atoms with E-state index in [1.54, 1.807) is 0 Å². The van der Waals surface area contributed by atoms with E-state index in [0.29, 0.717) is 0 Å². The minimum atomic E-state index is 1.01. The van der Waals surface area contributed by atoms with E-state index in [1.807, 2.05) is 13.8 Å². The van der Waals surface area contributed by atoms with Crippen molar-refractivity contribution in [3.05, 3.63) is 107 Å². The SMILES string of the molecule is CC.CCc1ccc(Cc2ccc(Cc3ccccc3)cc2)cc1. The van der Waals surface area contributed by atoms with E-state index in [4.69, 9.17) is 0 Å². The summed E-state index contributed by atoms with van der Waals surface area (Å²) in [4.78, 5) is 0. The molecule has 0 aliphatic heterocycles. The average Bonchev–Trinajstić information content (AvgIpc) is 2.66. The van der Waals surface area contributed by atoms with Crippen LogP contribution in [0.3, 0.4) is 0 Å². The van der Waals surface area contributed by atoms with Crippen molar-refractivity contribution in [2.24, 2.45) is 0 Å². The van der Waals surface area contributed by atoms with Crippen LogP contribution in [-0.2, 0) is 19.3 Å². The fourth-order valence-corrected chi connectivity index (χ4v) is 2.74. The van der Waals surface area contributed by atoms with Gasteiger partial charge in [0.25, 0.3) is 0 Å². The summed E-state index contributed by atoms with van der Waals surface area (Å²) in [6.45, 7) is 6.19. The number of hydrogen-bond acceptors (Lipinski definition) is 0. The summed E-state index contributed by atoms with van der Waals surface area (Å²) < 4.78 is 0. The van der Waals surface area contributed by atoms with Gasteiger partial charge in [-0.1, -0.05) is 99.6 Å². The van der Waals surface area contributed by atoms with Crippen molar-refractivity contribution < 1.29 is 0 Å². The molecule has 0 saturated heterocycles. The molecule has 0 atom stereocenters. The van der Waals surface area contributed by atoms with Gasteiger partial charge in [0.05, 0.1) is 0 Å². The van der Waals surface area contributed by atoms with E-state index < -0.39 is 0 Å². The molecule has 3 aromatic carbocycles. The standard InChI is InChI=1S/C22H22.C2H6/c1-2-18-8-10-20(11-9-18)17-22-14-12-21(13-15-22)16-19-6-4-3-5-7-19;1-2/h3-15H,2,16-17H2,1H3;1-2H3. The molecule has 0 amide bonds. The highest BCUT2D eigenvalue weighted by molar-refractivity contribution is 5.32. The van der Waals surface area contributed by atoms with Crippen LogP contribution >= 0.6 is 0 Å². The first-order valence-corrected chi connectivity index (χ1v) is 9.03. The van der Waals surface area contributed by atoms with Gasteiger partial charge in [-0.2, -0.15) is 0 Å². The summed E-state index contributed by atoms with van der Waals surface area (Å²) in [5, 5.41) is 0. The molecule has 0 aliphatic carbocycles. The van der Waals surface area contributed by atoms with Crippen molar-refractivity contribution in [3.63, 3.8) is 0 Å². The summed E-state index contributed by atoms with van der Waals surface area (Å²) in [5.41, 5.74) is 6.90. The van der Waals surface area contributed by atoms with Gasteiger partial charge in [0, 0.05) is 0 Å². The van der Waals surface area contributed by atoms with E-state index in [2.05, 4.69) is 85.8 Å². The Bertz CT molecular complexity index is 691. The molecule has 0 heterocycles. The zero-order valence-electron chi connectivity index (χ0n) is 15.1. The molecule has 124 valence electrons. The van der Waals surface area contributed by atoms with Gasteiger partial charge in [-0.25, -0.2) is 0 Å². The second-order valence-electron chi connectivity index (χ2n) is 5.83. The third-order valence-electron chi connectivity index (χ3n) is 4.11. The molecule has 0 radical (unpaired) electrons. The van der Waals surface area contributed by atoms with Gasteiger partial charge in [0.1, 0.15) is 0 Å². The zero-order chi connectivity index (χ0) is 17.2. The molecule has 0 N–H and O–H groups in total. The lowest BCUT2D eigenvalue weighted by Crippen LogP contribution is -1.91. The highest BCUT2D eigenvalue weighted by Crippen LogP contribution is 2.14. The zero-order valence-corrected chi connectivity index (χ0v) is 15.1. The lowest BCUT2D eigenvalue weighted by atomic mass is 9.99. The maximum Gasteiger partial charge on any atom is -0.00258 e. The van der Waals surface area contributed by atoms with Gasteiger partial charge in [0.15, 0.2) is 0 Å². The summed E-state index contributed by atoms with van der Waals surface area (Å²) in [6, 6.07) is 28.6. The summed E-state index contributed by atoms with van der Waals surface area (Å²) in [7, 11) is 0. The Morgan fingerprint density at radius 2 is 0.792 bits per heavy atom. The third-order valence-corrected chi connectivity index (χ3v) is 4.11. The Morgan fingerprint density at radius 3 is 1.17 bits per heavy atom. The van der Waals surface area contributed by atoms with Crippen LogP contribution < -0.4 is 0 Å². The third kappa shape index (κ3) is 5.38. The molecule has 0 bridgehead atoms. The van der Waals surface area contributed by atoms with E-state index in [0.717, 1.165) is 19.3 Å². The Labute approximate surface area is 147 Å². The summed E-state index contributed by atoms with van der Waals surface area (Å²) >= 11 is 0. The van der Waals surface area contributed by atoms with Crippen molar-refractivity contribution in [1.29, 1.82) is 0 Å². The molecular formula is C24H28. The first kappa shape index (κ1) is 18.0.